The van der Waals surface area contributed by atoms with Crippen LogP contribution in [0.3, 0.4) is 0 Å². The minimum Gasteiger partial charge on any atom is -0.351 e. The number of nitrogens with zero attached hydrogens (tertiary/aromatic N) is 1. The van der Waals surface area contributed by atoms with Gasteiger partial charge in [0, 0.05) is 30.8 Å². The van der Waals surface area contributed by atoms with Crippen LogP contribution in [0.1, 0.15) is 34.9 Å². The molecule has 3 rings (SSSR count). The van der Waals surface area contributed by atoms with Crippen LogP contribution in [0.25, 0.3) is 0 Å². The third-order valence-electron chi connectivity index (χ3n) is 4.74. The number of aryl methyl sites for hydroxylation is 1. The number of rotatable bonds is 6. The van der Waals surface area contributed by atoms with Gasteiger partial charge in [-0.1, -0.05) is 60.7 Å². The van der Waals surface area contributed by atoms with Crippen LogP contribution in [-0.2, 0) is 18.4 Å². The van der Waals surface area contributed by atoms with Gasteiger partial charge in [-0.2, -0.15) is 0 Å². The van der Waals surface area contributed by atoms with Crippen LogP contribution in [-0.4, -0.2) is 10.5 Å². The summed E-state index contributed by atoms with van der Waals surface area (Å²) in [6.45, 7) is 2.62. The van der Waals surface area contributed by atoms with Gasteiger partial charge in [-0.3, -0.25) is 4.79 Å². The summed E-state index contributed by atoms with van der Waals surface area (Å²) in [7, 11) is 2.02. The molecule has 3 nitrogen and oxygen atoms in total. The Labute approximate surface area is 149 Å². The molecule has 0 aliphatic carbocycles. The largest absolute Gasteiger partial charge is 0.351 e. The number of carbonyl (C=O) groups is 1. The van der Waals surface area contributed by atoms with Crippen molar-refractivity contribution in [1.82, 2.24) is 9.88 Å². The lowest BCUT2D eigenvalue weighted by atomic mass is 9.88. The molecule has 1 aromatic heterocycles. The van der Waals surface area contributed by atoms with Crippen molar-refractivity contribution >= 4 is 5.91 Å². The summed E-state index contributed by atoms with van der Waals surface area (Å²) in [6.07, 6.45) is 0.442. The Kier molecular flexibility index (Phi) is 5.34. The highest BCUT2D eigenvalue weighted by Crippen LogP contribution is 2.27. The van der Waals surface area contributed by atoms with Gasteiger partial charge in [0.05, 0.1) is 6.54 Å². The highest BCUT2D eigenvalue weighted by molar-refractivity contribution is 5.77. The molecule has 0 saturated heterocycles. The summed E-state index contributed by atoms with van der Waals surface area (Å²) in [5.41, 5.74) is 4.63. The Balaban J connectivity index is 1.72. The van der Waals surface area contributed by atoms with Crippen LogP contribution in [0.5, 0.6) is 0 Å². The maximum absolute atomic E-state index is 12.6. The summed E-state index contributed by atoms with van der Waals surface area (Å²) in [4.78, 5) is 12.6. The van der Waals surface area contributed by atoms with Gasteiger partial charge in [-0.15, -0.1) is 0 Å². The fraction of sp³-hybridized carbons (Fsp3) is 0.227. The molecule has 1 N–H and O–H groups in total. The summed E-state index contributed by atoms with van der Waals surface area (Å²) < 4.78 is 2.10. The second kappa shape index (κ2) is 7.84. The first-order valence-electron chi connectivity index (χ1n) is 8.63. The van der Waals surface area contributed by atoms with Crippen molar-refractivity contribution in [3.05, 3.63) is 95.3 Å². The van der Waals surface area contributed by atoms with Crippen LogP contribution in [0.15, 0.2) is 72.8 Å². The standard InChI is InChI=1S/C22H24N2O/c1-17-13-14-20(24(17)2)16-23-22(25)15-21(18-9-5-3-6-10-18)19-11-7-4-8-12-19/h3-14,21H,15-16H2,1-2H3,(H,23,25). The van der Waals surface area contributed by atoms with E-state index in [-0.39, 0.29) is 11.8 Å². The maximum atomic E-state index is 12.6. The number of benzene rings is 2. The van der Waals surface area contributed by atoms with E-state index in [1.54, 1.807) is 0 Å². The van der Waals surface area contributed by atoms with Crippen molar-refractivity contribution in [2.75, 3.05) is 0 Å². The SMILES string of the molecule is Cc1ccc(CNC(=O)CC(c2ccccc2)c2ccccc2)n1C. The Morgan fingerprint density at radius 2 is 1.48 bits per heavy atom. The smallest absolute Gasteiger partial charge is 0.221 e. The highest BCUT2D eigenvalue weighted by atomic mass is 16.1. The summed E-state index contributed by atoms with van der Waals surface area (Å²) in [5.74, 6) is 0.133. The molecule has 0 aliphatic rings. The molecule has 0 aliphatic heterocycles. The van der Waals surface area contributed by atoms with Crippen molar-refractivity contribution in [2.24, 2.45) is 7.05 Å². The third-order valence-corrected chi connectivity index (χ3v) is 4.74. The van der Waals surface area contributed by atoms with Crippen LogP contribution in [0.2, 0.25) is 0 Å². The predicted octanol–water partition coefficient (Wildman–Crippen LogP) is 4.17. The van der Waals surface area contributed by atoms with Crippen molar-refractivity contribution in [3.63, 3.8) is 0 Å². The lowest BCUT2D eigenvalue weighted by molar-refractivity contribution is -0.121. The Morgan fingerprint density at radius 3 is 1.96 bits per heavy atom. The van der Waals surface area contributed by atoms with E-state index < -0.39 is 0 Å². The number of hydrogen-bond acceptors (Lipinski definition) is 1. The van der Waals surface area contributed by atoms with Gasteiger partial charge >= 0.3 is 0 Å². The normalized spacial score (nSPS) is 10.8. The van der Waals surface area contributed by atoms with Crippen LogP contribution >= 0.6 is 0 Å². The molecule has 2 aromatic carbocycles. The van der Waals surface area contributed by atoms with Crippen molar-refractivity contribution in [1.29, 1.82) is 0 Å². The molecule has 0 radical (unpaired) electrons. The Hall–Kier alpha value is -2.81. The molecule has 0 bridgehead atoms. The number of carbonyl (C=O) groups excluding carboxylic acids is 1. The number of amides is 1. The summed E-state index contributed by atoms with van der Waals surface area (Å²) in [6, 6.07) is 24.6. The van der Waals surface area contributed by atoms with E-state index in [0.29, 0.717) is 13.0 Å². The highest BCUT2D eigenvalue weighted by Gasteiger charge is 2.18. The van der Waals surface area contributed by atoms with Crippen molar-refractivity contribution in [3.8, 4) is 0 Å². The first-order valence-corrected chi connectivity index (χ1v) is 8.63. The minimum atomic E-state index is 0.0663. The molecule has 0 fully saturated rings. The van der Waals surface area contributed by atoms with E-state index in [0.717, 1.165) is 5.69 Å². The predicted molar refractivity (Wildman–Crippen MR) is 101 cm³/mol. The zero-order valence-corrected chi connectivity index (χ0v) is 14.8. The van der Waals surface area contributed by atoms with E-state index in [4.69, 9.17) is 0 Å². The maximum Gasteiger partial charge on any atom is 0.221 e. The van der Waals surface area contributed by atoms with Crippen molar-refractivity contribution < 1.29 is 4.79 Å². The first-order chi connectivity index (χ1) is 12.1. The molecule has 25 heavy (non-hydrogen) atoms. The van der Waals surface area contributed by atoms with Crippen LogP contribution in [0, 0.1) is 6.92 Å². The zero-order valence-electron chi connectivity index (χ0n) is 14.8. The van der Waals surface area contributed by atoms with E-state index in [1.807, 2.05) is 43.4 Å². The number of hydrogen-bond donors (Lipinski definition) is 1. The average Bonchev–Trinajstić information content (AvgIpc) is 2.98. The zero-order chi connectivity index (χ0) is 17.6. The van der Waals surface area contributed by atoms with E-state index >= 15 is 0 Å². The quantitative estimate of drug-likeness (QED) is 0.722. The van der Waals surface area contributed by atoms with Gasteiger partial charge in [-0.05, 0) is 30.2 Å². The van der Waals surface area contributed by atoms with E-state index in [9.17, 15) is 4.79 Å². The van der Waals surface area contributed by atoms with Crippen molar-refractivity contribution in [2.45, 2.75) is 25.8 Å². The molecule has 3 aromatic rings. The van der Waals surface area contributed by atoms with E-state index in [1.165, 1.54) is 16.8 Å². The van der Waals surface area contributed by atoms with Gasteiger partial charge in [0.25, 0.3) is 0 Å². The van der Waals surface area contributed by atoms with E-state index in [2.05, 4.69) is 53.2 Å². The van der Waals surface area contributed by atoms with Gasteiger partial charge in [0.1, 0.15) is 0 Å². The number of aromatic nitrogens is 1. The molecule has 128 valence electrons. The molecule has 1 heterocycles. The topological polar surface area (TPSA) is 34.0 Å². The first kappa shape index (κ1) is 17.0. The van der Waals surface area contributed by atoms with Gasteiger partial charge in [0.15, 0.2) is 0 Å². The molecule has 0 spiro atoms. The van der Waals surface area contributed by atoms with Crippen LogP contribution < -0.4 is 5.32 Å². The molecular formula is C22H24N2O. The molecule has 0 saturated carbocycles. The van der Waals surface area contributed by atoms with Gasteiger partial charge < -0.3 is 9.88 Å². The van der Waals surface area contributed by atoms with Gasteiger partial charge in [-0.25, -0.2) is 0 Å². The Morgan fingerprint density at radius 1 is 0.920 bits per heavy atom. The number of nitrogens with one attached hydrogen (secondary N) is 1. The lowest BCUT2D eigenvalue weighted by Crippen LogP contribution is -2.26. The summed E-state index contributed by atoms with van der Waals surface area (Å²) in [5, 5.41) is 3.06. The lowest BCUT2D eigenvalue weighted by Gasteiger charge is -2.18. The fourth-order valence-corrected chi connectivity index (χ4v) is 3.09. The second-order valence-corrected chi connectivity index (χ2v) is 6.38. The van der Waals surface area contributed by atoms with Gasteiger partial charge in [0.2, 0.25) is 5.91 Å². The minimum absolute atomic E-state index is 0.0663. The third kappa shape index (κ3) is 4.18. The molecule has 0 atom stereocenters. The molecule has 3 heteroatoms. The Bertz CT molecular complexity index is 782. The van der Waals surface area contributed by atoms with Crippen LogP contribution in [0.4, 0.5) is 0 Å². The fourth-order valence-electron chi connectivity index (χ4n) is 3.09. The molecule has 1 amide bonds. The average molecular weight is 332 g/mol. The molecular weight excluding hydrogens is 308 g/mol. The monoisotopic (exact) mass is 332 g/mol. The molecule has 0 unspecified atom stereocenters. The summed E-state index contributed by atoms with van der Waals surface area (Å²) >= 11 is 0. The second-order valence-electron chi connectivity index (χ2n) is 6.38.